The van der Waals surface area contributed by atoms with E-state index in [0.29, 0.717) is 0 Å². The molecular formula is C52H28OS2. The molecule has 3 aromatic heterocycles. The van der Waals surface area contributed by atoms with Gasteiger partial charge in [-0.3, -0.25) is 0 Å². The molecule has 0 atom stereocenters. The Bertz CT molecular complexity index is 3730. The second-order valence-electron chi connectivity index (χ2n) is 14.7. The highest BCUT2D eigenvalue weighted by Crippen LogP contribution is 2.52. The Labute approximate surface area is 322 Å². The summed E-state index contributed by atoms with van der Waals surface area (Å²) in [5.74, 6) is 0. The summed E-state index contributed by atoms with van der Waals surface area (Å²) in [5.41, 5.74) is 6.88. The summed E-state index contributed by atoms with van der Waals surface area (Å²) in [6, 6.07) is 62.9. The molecular weight excluding hydrogens is 705 g/mol. The van der Waals surface area contributed by atoms with Gasteiger partial charge in [-0.25, -0.2) is 0 Å². The first kappa shape index (κ1) is 29.9. The lowest BCUT2D eigenvalue weighted by Crippen LogP contribution is -1.91. The lowest BCUT2D eigenvalue weighted by atomic mass is 9.84. The fourth-order valence-electron chi connectivity index (χ4n) is 9.46. The number of benzene rings is 10. The third-order valence-corrected chi connectivity index (χ3v) is 14.1. The predicted molar refractivity (Wildman–Crippen MR) is 240 cm³/mol. The van der Waals surface area contributed by atoms with Crippen molar-refractivity contribution in [2.24, 2.45) is 0 Å². The van der Waals surface area contributed by atoms with E-state index < -0.39 is 0 Å². The van der Waals surface area contributed by atoms with Crippen LogP contribution in [0.5, 0.6) is 0 Å². The van der Waals surface area contributed by atoms with E-state index in [2.05, 4.69) is 170 Å². The molecule has 0 fully saturated rings. The van der Waals surface area contributed by atoms with Crippen molar-refractivity contribution in [1.82, 2.24) is 0 Å². The van der Waals surface area contributed by atoms with E-state index in [0.717, 1.165) is 21.9 Å². The van der Waals surface area contributed by atoms with E-state index in [4.69, 9.17) is 4.42 Å². The van der Waals surface area contributed by atoms with E-state index in [1.165, 1.54) is 106 Å². The number of thiophene rings is 2. The second-order valence-corrected chi connectivity index (χ2v) is 16.8. The van der Waals surface area contributed by atoms with E-state index in [9.17, 15) is 0 Å². The minimum atomic E-state index is 0.912. The van der Waals surface area contributed by atoms with Crippen LogP contribution in [-0.4, -0.2) is 0 Å². The monoisotopic (exact) mass is 732 g/mol. The molecule has 0 amide bonds. The van der Waals surface area contributed by atoms with Crippen LogP contribution < -0.4 is 0 Å². The second kappa shape index (κ2) is 11.0. The van der Waals surface area contributed by atoms with Crippen LogP contribution in [0.3, 0.4) is 0 Å². The Kier molecular flexibility index (Phi) is 5.99. The molecule has 10 aromatic carbocycles. The standard InChI is InChI=1S/C52H28OS2/c1-2-12-30-28-43-40(25-29(30)11-1)39-26-31(21-23-42(39)53-43)47-33-13-3-5-15-35(33)49(36-16-6-4-14-34(36)47)41-27-32-22-24-46-50(37-17-7-9-19-44(37)54-46)48(32)51-38-18-8-10-20-45(38)55-52(41)51/h1-28H. The molecule has 3 heterocycles. The van der Waals surface area contributed by atoms with Gasteiger partial charge < -0.3 is 4.42 Å². The van der Waals surface area contributed by atoms with Crippen LogP contribution in [-0.2, 0) is 0 Å². The van der Waals surface area contributed by atoms with E-state index in [1.807, 2.05) is 22.7 Å². The minimum absolute atomic E-state index is 0.912. The summed E-state index contributed by atoms with van der Waals surface area (Å²) in [5, 5.41) is 17.8. The fraction of sp³-hybridized carbons (Fsp3) is 0. The molecule has 0 aliphatic rings. The largest absolute Gasteiger partial charge is 0.456 e. The molecule has 1 nitrogen and oxygen atoms in total. The molecule has 0 saturated heterocycles. The topological polar surface area (TPSA) is 13.1 Å². The van der Waals surface area contributed by atoms with Gasteiger partial charge in [-0.2, -0.15) is 0 Å². The van der Waals surface area contributed by atoms with Crippen molar-refractivity contribution in [2.75, 3.05) is 0 Å². The van der Waals surface area contributed by atoms with Crippen molar-refractivity contribution in [1.29, 1.82) is 0 Å². The first-order valence-corrected chi connectivity index (χ1v) is 20.4. The molecule has 0 spiro atoms. The number of furan rings is 1. The van der Waals surface area contributed by atoms with Crippen molar-refractivity contribution in [2.45, 2.75) is 0 Å². The first-order valence-electron chi connectivity index (χ1n) is 18.7. The van der Waals surface area contributed by atoms with Gasteiger partial charge in [0.25, 0.3) is 0 Å². The van der Waals surface area contributed by atoms with Crippen molar-refractivity contribution >= 4 is 128 Å². The third kappa shape index (κ3) is 4.12. The number of hydrogen-bond donors (Lipinski definition) is 0. The van der Waals surface area contributed by atoms with Crippen molar-refractivity contribution in [3.05, 3.63) is 170 Å². The minimum Gasteiger partial charge on any atom is -0.456 e. The quantitative estimate of drug-likeness (QED) is 0.161. The summed E-state index contributed by atoms with van der Waals surface area (Å²) in [6.45, 7) is 0. The molecule has 0 unspecified atom stereocenters. The average Bonchev–Trinajstić information content (AvgIpc) is 3.93. The zero-order valence-electron chi connectivity index (χ0n) is 29.4. The molecule has 0 bridgehead atoms. The highest BCUT2D eigenvalue weighted by molar-refractivity contribution is 7.27. The lowest BCUT2D eigenvalue weighted by molar-refractivity contribution is 0.669. The molecule has 254 valence electrons. The maximum Gasteiger partial charge on any atom is 0.136 e. The highest BCUT2D eigenvalue weighted by Gasteiger charge is 2.23. The van der Waals surface area contributed by atoms with Crippen LogP contribution in [0.1, 0.15) is 0 Å². The maximum atomic E-state index is 6.45. The smallest absolute Gasteiger partial charge is 0.136 e. The summed E-state index contributed by atoms with van der Waals surface area (Å²) in [7, 11) is 0. The van der Waals surface area contributed by atoms with Gasteiger partial charge in [-0.1, -0.05) is 121 Å². The molecule has 0 saturated carbocycles. The van der Waals surface area contributed by atoms with Gasteiger partial charge in [0.1, 0.15) is 11.2 Å². The number of rotatable bonds is 2. The van der Waals surface area contributed by atoms with Crippen molar-refractivity contribution in [3.63, 3.8) is 0 Å². The van der Waals surface area contributed by atoms with Gasteiger partial charge in [0, 0.05) is 62.1 Å². The van der Waals surface area contributed by atoms with Crippen LogP contribution in [0.15, 0.2) is 174 Å². The summed E-state index contributed by atoms with van der Waals surface area (Å²) in [6.07, 6.45) is 0. The van der Waals surface area contributed by atoms with Crippen LogP contribution in [0.25, 0.3) is 128 Å². The van der Waals surface area contributed by atoms with Crippen molar-refractivity contribution in [3.8, 4) is 22.3 Å². The Morgan fingerprint density at radius 2 is 0.909 bits per heavy atom. The molecule has 13 aromatic rings. The average molecular weight is 733 g/mol. The zero-order valence-corrected chi connectivity index (χ0v) is 31.0. The van der Waals surface area contributed by atoms with E-state index in [-0.39, 0.29) is 0 Å². The fourth-order valence-corrected chi connectivity index (χ4v) is 11.8. The highest BCUT2D eigenvalue weighted by atomic mass is 32.1. The first-order chi connectivity index (χ1) is 27.3. The van der Waals surface area contributed by atoms with Gasteiger partial charge in [-0.05, 0) is 103 Å². The molecule has 0 radical (unpaired) electrons. The molecule has 3 heteroatoms. The Morgan fingerprint density at radius 3 is 1.64 bits per heavy atom. The number of hydrogen-bond acceptors (Lipinski definition) is 3. The SMILES string of the molecule is c1ccc2cc3c(cc2c1)oc1ccc(-c2c4ccccc4c(-c4cc5ccc6sc7ccccc7c6c5c5c4sc4ccccc45)c4ccccc24)cc13. The molecule has 55 heavy (non-hydrogen) atoms. The van der Waals surface area contributed by atoms with Crippen LogP contribution >= 0.6 is 22.7 Å². The van der Waals surface area contributed by atoms with Crippen LogP contribution in [0.4, 0.5) is 0 Å². The van der Waals surface area contributed by atoms with E-state index in [1.54, 1.807) is 0 Å². The van der Waals surface area contributed by atoms with Gasteiger partial charge in [-0.15, -0.1) is 22.7 Å². The van der Waals surface area contributed by atoms with Gasteiger partial charge in [0.2, 0.25) is 0 Å². The zero-order chi connectivity index (χ0) is 35.8. The Morgan fingerprint density at radius 1 is 0.327 bits per heavy atom. The van der Waals surface area contributed by atoms with Crippen LogP contribution in [0.2, 0.25) is 0 Å². The Hall–Kier alpha value is -6.52. The molecule has 0 aliphatic carbocycles. The van der Waals surface area contributed by atoms with Gasteiger partial charge >= 0.3 is 0 Å². The lowest BCUT2D eigenvalue weighted by Gasteiger charge is -2.19. The van der Waals surface area contributed by atoms with Gasteiger partial charge in [0.05, 0.1) is 0 Å². The normalized spacial score (nSPS) is 12.4. The summed E-state index contributed by atoms with van der Waals surface area (Å²) >= 11 is 3.83. The maximum absolute atomic E-state index is 6.45. The van der Waals surface area contributed by atoms with E-state index >= 15 is 0 Å². The molecule has 0 N–H and O–H groups in total. The summed E-state index contributed by atoms with van der Waals surface area (Å²) < 4.78 is 11.8. The van der Waals surface area contributed by atoms with Gasteiger partial charge in [0.15, 0.2) is 0 Å². The third-order valence-electron chi connectivity index (χ3n) is 11.8. The number of fused-ring (bicyclic) bond motifs is 15. The molecule has 0 aliphatic heterocycles. The van der Waals surface area contributed by atoms with Crippen LogP contribution in [0, 0.1) is 0 Å². The Balaban J connectivity index is 1.15. The summed E-state index contributed by atoms with van der Waals surface area (Å²) in [4.78, 5) is 0. The molecule has 13 rings (SSSR count). The predicted octanol–water partition coefficient (Wildman–Crippen LogP) is 16.3. The van der Waals surface area contributed by atoms with Crippen molar-refractivity contribution < 1.29 is 4.42 Å².